The third-order valence-electron chi connectivity index (χ3n) is 2.33. The molecule has 0 saturated heterocycles. The lowest BCUT2D eigenvalue weighted by atomic mass is 9.99. The topological polar surface area (TPSA) is 26.3 Å². The molecule has 16 heavy (non-hydrogen) atoms. The molecule has 1 aromatic rings. The van der Waals surface area contributed by atoms with Crippen LogP contribution in [0.25, 0.3) is 0 Å². The van der Waals surface area contributed by atoms with Crippen LogP contribution >= 0.6 is 15.9 Å². The van der Waals surface area contributed by atoms with E-state index in [1.54, 1.807) is 0 Å². The number of hydrogen-bond acceptors (Lipinski definition) is 2. The van der Waals surface area contributed by atoms with Crippen LogP contribution in [0.4, 0.5) is 8.78 Å². The Morgan fingerprint density at radius 2 is 2.06 bits per heavy atom. The fourth-order valence-electron chi connectivity index (χ4n) is 1.34. The molecule has 0 aliphatic rings. The number of methoxy groups -OCH3 is 1. The van der Waals surface area contributed by atoms with Gasteiger partial charge in [-0.3, -0.25) is 4.79 Å². The number of rotatable bonds is 3. The first-order valence-corrected chi connectivity index (χ1v) is 5.75. The number of esters is 1. The Labute approximate surface area is 101 Å². The average molecular weight is 293 g/mol. The van der Waals surface area contributed by atoms with Crippen molar-refractivity contribution in [1.29, 1.82) is 0 Å². The van der Waals surface area contributed by atoms with Crippen LogP contribution in [0.5, 0.6) is 0 Å². The maximum absolute atomic E-state index is 13.6. The summed E-state index contributed by atoms with van der Waals surface area (Å²) < 4.78 is 31.5. The van der Waals surface area contributed by atoms with Crippen molar-refractivity contribution in [1.82, 2.24) is 0 Å². The van der Waals surface area contributed by atoms with Crippen molar-refractivity contribution in [3.05, 3.63) is 34.9 Å². The second-order valence-corrected chi connectivity index (χ2v) is 3.90. The third-order valence-corrected chi connectivity index (χ3v) is 2.94. The van der Waals surface area contributed by atoms with E-state index in [4.69, 9.17) is 0 Å². The molecular formula is C11H11BrF2O2. The average Bonchev–Trinajstić information content (AvgIpc) is 2.29. The highest BCUT2D eigenvalue weighted by Gasteiger charge is 2.21. The van der Waals surface area contributed by atoms with Crippen molar-refractivity contribution in [3.63, 3.8) is 0 Å². The van der Waals surface area contributed by atoms with Crippen LogP contribution in [0.2, 0.25) is 0 Å². The summed E-state index contributed by atoms with van der Waals surface area (Å²) in [6.45, 7) is 1.47. The van der Waals surface area contributed by atoms with E-state index >= 15 is 0 Å². The molecule has 0 aliphatic carbocycles. The normalized spacial score (nSPS) is 12.3. The zero-order valence-electron chi connectivity index (χ0n) is 8.89. The van der Waals surface area contributed by atoms with Crippen LogP contribution in [0.15, 0.2) is 12.1 Å². The van der Waals surface area contributed by atoms with Gasteiger partial charge in [0.25, 0.3) is 0 Å². The standard InChI is InChI=1S/C11H11BrF2O2/c1-6(11(15)16-2)8-4-9(13)7(5-12)3-10(8)14/h3-4,6H,5H2,1-2H3/t6-/m1/s1. The Morgan fingerprint density at radius 1 is 1.44 bits per heavy atom. The quantitative estimate of drug-likeness (QED) is 0.632. The van der Waals surface area contributed by atoms with E-state index in [9.17, 15) is 13.6 Å². The first-order chi connectivity index (χ1) is 7.51. The molecule has 0 heterocycles. The molecule has 0 spiro atoms. The van der Waals surface area contributed by atoms with Crippen molar-refractivity contribution in [2.24, 2.45) is 0 Å². The van der Waals surface area contributed by atoms with Gasteiger partial charge in [-0.05, 0) is 19.1 Å². The molecule has 0 N–H and O–H groups in total. The van der Waals surface area contributed by atoms with Crippen molar-refractivity contribution < 1.29 is 18.3 Å². The maximum atomic E-state index is 13.6. The number of halogens is 3. The molecule has 2 nitrogen and oxygen atoms in total. The number of carbonyl (C=O) groups is 1. The molecule has 0 aliphatic heterocycles. The molecule has 0 amide bonds. The van der Waals surface area contributed by atoms with Crippen molar-refractivity contribution in [2.45, 2.75) is 18.2 Å². The summed E-state index contributed by atoms with van der Waals surface area (Å²) in [7, 11) is 1.21. The second kappa shape index (κ2) is 5.39. The minimum atomic E-state index is -0.816. The minimum Gasteiger partial charge on any atom is -0.469 e. The first-order valence-electron chi connectivity index (χ1n) is 4.62. The fraction of sp³-hybridized carbons (Fsp3) is 0.364. The molecule has 5 heteroatoms. The van der Waals surface area contributed by atoms with Crippen molar-refractivity contribution in [2.75, 3.05) is 7.11 Å². The maximum Gasteiger partial charge on any atom is 0.312 e. The van der Waals surface area contributed by atoms with Gasteiger partial charge in [-0.2, -0.15) is 0 Å². The van der Waals surface area contributed by atoms with E-state index in [0.717, 1.165) is 12.1 Å². The summed E-state index contributed by atoms with van der Waals surface area (Å²) in [5.74, 6) is -2.55. The SMILES string of the molecule is COC(=O)[C@H](C)c1cc(F)c(CBr)cc1F. The summed E-state index contributed by atoms with van der Waals surface area (Å²) in [6.07, 6.45) is 0. The predicted molar refractivity (Wildman–Crippen MR) is 59.4 cm³/mol. The van der Waals surface area contributed by atoms with E-state index in [0.29, 0.717) is 0 Å². The Hall–Kier alpha value is -0.970. The van der Waals surface area contributed by atoms with Gasteiger partial charge in [0.2, 0.25) is 0 Å². The smallest absolute Gasteiger partial charge is 0.312 e. The van der Waals surface area contributed by atoms with Crippen LogP contribution < -0.4 is 0 Å². The minimum absolute atomic E-state index is 0.00838. The molecule has 0 saturated carbocycles. The lowest BCUT2D eigenvalue weighted by Crippen LogP contribution is -2.13. The zero-order valence-corrected chi connectivity index (χ0v) is 10.5. The number of alkyl halides is 1. The van der Waals surface area contributed by atoms with Gasteiger partial charge in [-0.15, -0.1) is 0 Å². The summed E-state index contributed by atoms with van der Waals surface area (Å²) >= 11 is 3.05. The van der Waals surface area contributed by atoms with Gasteiger partial charge in [0.15, 0.2) is 0 Å². The predicted octanol–water partition coefficient (Wildman–Crippen LogP) is 3.14. The van der Waals surface area contributed by atoms with E-state index in [-0.39, 0.29) is 16.5 Å². The third kappa shape index (κ3) is 2.58. The van der Waals surface area contributed by atoms with E-state index < -0.39 is 23.5 Å². The molecule has 88 valence electrons. The Kier molecular flexibility index (Phi) is 4.41. The molecule has 1 aromatic carbocycles. The van der Waals surface area contributed by atoms with E-state index in [2.05, 4.69) is 20.7 Å². The zero-order chi connectivity index (χ0) is 12.3. The fourth-order valence-corrected chi connectivity index (χ4v) is 1.77. The summed E-state index contributed by atoms with van der Waals surface area (Å²) in [5, 5.41) is 0.225. The Balaban J connectivity index is 3.15. The van der Waals surface area contributed by atoms with Gasteiger partial charge in [-0.1, -0.05) is 15.9 Å². The molecule has 0 unspecified atom stereocenters. The monoisotopic (exact) mass is 292 g/mol. The van der Waals surface area contributed by atoms with E-state index in [1.165, 1.54) is 14.0 Å². The molecule has 0 bridgehead atoms. The first kappa shape index (κ1) is 13.1. The molecule has 0 fully saturated rings. The van der Waals surface area contributed by atoms with Crippen LogP contribution in [0.1, 0.15) is 24.0 Å². The van der Waals surface area contributed by atoms with Gasteiger partial charge < -0.3 is 4.74 Å². The second-order valence-electron chi connectivity index (χ2n) is 3.34. The highest BCUT2D eigenvalue weighted by atomic mass is 79.9. The van der Waals surface area contributed by atoms with Crippen molar-refractivity contribution in [3.8, 4) is 0 Å². The largest absolute Gasteiger partial charge is 0.469 e. The number of hydrogen-bond donors (Lipinski definition) is 0. The van der Waals surface area contributed by atoms with Gasteiger partial charge in [0.1, 0.15) is 11.6 Å². The van der Waals surface area contributed by atoms with Crippen LogP contribution in [-0.4, -0.2) is 13.1 Å². The molecule has 1 atom stereocenters. The van der Waals surface area contributed by atoms with Crippen molar-refractivity contribution >= 4 is 21.9 Å². The number of benzene rings is 1. The van der Waals surface area contributed by atoms with Gasteiger partial charge in [0, 0.05) is 16.5 Å². The van der Waals surface area contributed by atoms with Gasteiger partial charge in [-0.25, -0.2) is 8.78 Å². The Bertz CT molecular complexity index is 407. The number of ether oxygens (including phenoxy) is 1. The summed E-state index contributed by atoms with van der Waals surface area (Å²) in [6, 6.07) is 2.12. The van der Waals surface area contributed by atoms with E-state index in [1.807, 2.05) is 0 Å². The van der Waals surface area contributed by atoms with Crippen LogP contribution in [-0.2, 0) is 14.9 Å². The molecule has 1 rings (SSSR count). The summed E-state index contributed by atoms with van der Waals surface area (Å²) in [4.78, 5) is 11.2. The van der Waals surface area contributed by atoms with Crippen LogP contribution in [0.3, 0.4) is 0 Å². The number of carbonyl (C=O) groups excluding carboxylic acids is 1. The summed E-state index contributed by atoms with van der Waals surface area (Å²) in [5.41, 5.74) is 0.229. The highest BCUT2D eigenvalue weighted by Crippen LogP contribution is 2.24. The lowest BCUT2D eigenvalue weighted by Gasteiger charge is -2.11. The molecular weight excluding hydrogens is 282 g/mol. The Morgan fingerprint density at radius 3 is 2.56 bits per heavy atom. The molecule has 0 radical (unpaired) electrons. The van der Waals surface area contributed by atoms with Gasteiger partial charge in [0.05, 0.1) is 13.0 Å². The van der Waals surface area contributed by atoms with Crippen LogP contribution in [0, 0.1) is 11.6 Å². The molecule has 0 aromatic heterocycles. The highest BCUT2D eigenvalue weighted by molar-refractivity contribution is 9.08. The lowest BCUT2D eigenvalue weighted by molar-refractivity contribution is -0.142. The van der Waals surface area contributed by atoms with Gasteiger partial charge >= 0.3 is 5.97 Å².